The van der Waals surface area contributed by atoms with Crippen molar-refractivity contribution in [2.75, 3.05) is 19.6 Å². The molecule has 0 amide bonds. The van der Waals surface area contributed by atoms with Crippen LogP contribution in [0.3, 0.4) is 0 Å². The first kappa shape index (κ1) is 9.86. The van der Waals surface area contributed by atoms with E-state index in [9.17, 15) is 8.78 Å². The quantitative estimate of drug-likeness (QED) is 0.702. The van der Waals surface area contributed by atoms with Crippen LogP contribution < -0.4 is 5.48 Å². The Balaban J connectivity index is 1.78. The lowest BCUT2D eigenvalue weighted by atomic mass is 9.86. The fourth-order valence-corrected chi connectivity index (χ4v) is 2.21. The molecule has 3 saturated heterocycles. The standard InChI is InChI=1S/C9H14F2N2O/c10-9(11)5-12-14-8-6-13-3-1-7(8)2-4-13/h5,7-8,12H,1-4,6H2/t8-/m0/s1. The topological polar surface area (TPSA) is 24.5 Å². The largest absolute Gasteiger partial charge is 0.301 e. The first-order valence-electron chi connectivity index (χ1n) is 4.90. The monoisotopic (exact) mass is 204 g/mol. The lowest BCUT2D eigenvalue weighted by Gasteiger charge is -2.43. The first-order chi connectivity index (χ1) is 6.75. The summed E-state index contributed by atoms with van der Waals surface area (Å²) in [5, 5.41) is 0. The average molecular weight is 204 g/mol. The highest BCUT2D eigenvalue weighted by Gasteiger charge is 2.34. The third-order valence-corrected chi connectivity index (χ3v) is 2.98. The van der Waals surface area contributed by atoms with Gasteiger partial charge in [-0.1, -0.05) is 0 Å². The Morgan fingerprint density at radius 1 is 1.36 bits per heavy atom. The van der Waals surface area contributed by atoms with E-state index in [4.69, 9.17) is 4.84 Å². The summed E-state index contributed by atoms with van der Waals surface area (Å²) >= 11 is 0. The Morgan fingerprint density at radius 3 is 2.57 bits per heavy atom. The van der Waals surface area contributed by atoms with Crippen molar-refractivity contribution in [3.05, 3.63) is 12.3 Å². The van der Waals surface area contributed by atoms with Gasteiger partial charge in [-0.05, 0) is 31.8 Å². The Morgan fingerprint density at radius 2 is 2.07 bits per heavy atom. The van der Waals surface area contributed by atoms with Crippen LogP contribution in [0.5, 0.6) is 0 Å². The van der Waals surface area contributed by atoms with Gasteiger partial charge in [0.05, 0.1) is 6.20 Å². The molecule has 0 aromatic carbocycles. The summed E-state index contributed by atoms with van der Waals surface area (Å²) in [5.74, 6) is 0.531. The van der Waals surface area contributed by atoms with Crippen LogP contribution in [-0.2, 0) is 4.84 Å². The molecule has 3 fully saturated rings. The summed E-state index contributed by atoms with van der Waals surface area (Å²) in [7, 11) is 0. The first-order valence-corrected chi connectivity index (χ1v) is 4.90. The number of halogens is 2. The highest BCUT2D eigenvalue weighted by Crippen LogP contribution is 2.28. The Bertz CT molecular complexity index is 223. The molecule has 0 unspecified atom stereocenters. The number of fused-ring (bicyclic) bond motifs is 3. The molecule has 1 atom stereocenters. The van der Waals surface area contributed by atoms with Crippen LogP contribution in [-0.4, -0.2) is 30.6 Å². The predicted molar refractivity (Wildman–Crippen MR) is 47.5 cm³/mol. The van der Waals surface area contributed by atoms with Crippen LogP contribution in [0.15, 0.2) is 12.3 Å². The maximum atomic E-state index is 11.7. The summed E-state index contributed by atoms with van der Waals surface area (Å²) in [6.07, 6.45) is 1.14. The van der Waals surface area contributed by atoms with Crippen LogP contribution in [0.1, 0.15) is 12.8 Å². The van der Waals surface area contributed by atoms with Crippen molar-refractivity contribution < 1.29 is 13.6 Å². The molecule has 3 aliphatic rings. The van der Waals surface area contributed by atoms with Gasteiger partial charge in [-0.3, -0.25) is 10.3 Å². The highest BCUT2D eigenvalue weighted by molar-refractivity contribution is 4.87. The van der Waals surface area contributed by atoms with Crippen molar-refractivity contribution in [2.24, 2.45) is 5.92 Å². The Kier molecular flexibility index (Phi) is 2.98. The van der Waals surface area contributed by atoms with E-state index in [1.807, 2.05) is 0 Å². The lowest BCUT2D eigenvalue weighted by molar-refractivity contribution is -0.0998. The number of nitrogens with zero attached hydrogens (tertiary/aromatic N) is 1. The molecule has 0 spiro atoms. The predicted octanol–water partition coefficient (Wildman–Crippen LogP) is 1.34. The van der Waals surface area contributed by atoms with Gasteiger partial charge in [-0.15, -0.1) is 0 Å². The summed E-state index contributed by atoms with van der Waals surface area (Å²) in [4.78, 5) is 7.49. The number of hydroxylamine groups is 1. The molecule has 0 aliphatic carbocycles. The molecular formula is C9H14F2N2O. The van der Waals surface area contributed by atoms with Gasteiger partial charge >= 0.3 is 0 Å². The van der Waals surface area contributed by atoms with Gasteiger partial charge in [0, 0.05) is 6.54 Å². The van der Waals surface area contributed by atoms with E-state index in [-0.39, 0.29) is 6.10 Å². The molecule has 3 aliphatic heterocycles. The maximum absolute atomic E-state index is 11.7. The van der Waals surface area contributed by atoms with Crippen molar-refractivity contribution in [3.63, 3.8) is 0 Å². The smallest absolute Gasteiger partial charge is 0.288 e. The van der Waals surface area contributed by atoms with E-state index in [0.717, 1.165) is 32.5 Å². The highest BCUT2D eigenvalue weighted by atomic mass is 19.3. The second-order valence-corrected chi connectivity index (χ2v) is 3.85. The van der Waals surface area contributed by atoms with Gasteiger partial charge in [0.2, 0.25) is 0 Å². The zero-order valence-electron chi connectivity index (χ0n) is 7.88. The lowest BCUT2D eigenvalue weighted by Crippen LogP contribution is -2.52. The molecule has 3 heterocycles. The minimum absolute atomic E-state index is 0.0631. The zero-order valence-corrected chi connectivity index (χ0v) is 7.88. The van der Waals surface area contributed by atoms with Crippen molar-refractivity contribution in [2.45, 2.75) is 18.9 Å². The number of rotatable bonds is 3. The normalized spacial score (nSPS) is 35.4. The van der Waals surface area contributed by atoms with Gasteiger partial charge in [0.25, 0.3) is 6.08 Å². The molecule has 1 N–H and O–H groups in total. The van der Waals surface area contributed by atoms with Gasteiger partial charge in [0.15, 0.2) is 0 Å². The SMILES string of the molecule is FC(F)=CNO[C@H]1CN2CCC1CC2. The summed E-state index contributed by atoms with van der Waals surface area (Å²) < 4.78 is 23.4. The molecule has 14 heavy (non-hydrogen) atoms. The Hall–Kier alpha value is -0.680. The fourth-order valence-electron chi connectivity index (χ4n) is 2.21. The van der Waals surface area contributed by atoms with E-state index in [0.29, 0.717) is 12.1 Å². The number of hydrogen-bond acceptors (Lipinski definition) is 3. The minimum Gasteiger partial charge on any atom is -0.301 e. The third kappa shape index (κ3) is 2.22. The second kappa shape index (κ2) is 4.23. The molecule has 3 rings (SSSR count). The molecule has 0 aromatic heterocycles. The van der Waals surface area contributed by atoms with E-state index in [1.54, 1.807) is 0 Å². The summed E-state index contributed by atoms with van der Waals surface area (Å²) in [5.41, 5.74) is 2.20. The van der Waals surface area contributed by atoms with Crippen LogP contribution >= 0.6 is 0 Å². The van der Waals surface area contributed by atoms with E-state index in [1.165, 1.54) is 0 Å². The van der Waals surface area contributed by atoms with Crippen molar-refractivity contribution >= 4 is 0 Å². The van der Waals surface area contributed by atoms with E-state index < -0.39 is 6.08 Å². The minimum atomic E-state index is -1.76. The Labute approximate surface area is 81.7 Å². The second-order valence-electron chi connectivity index (χ2n) is 3.85. The van der Waals surface area contributed by atoms with E-state index >= 15 is 0 Å². The number of piperidine rings is 3. The van der Waals surface area contributed by atoms with Crippen LogP contribution in [0.25, 0.3) is 0 Å². The molecule has 0 radical (unpaired) electrons. The molecule has 5 heteroatoms. The maximum Gasteiger partial charge on any atom is 0.288 e. The summed E-state index contributed by atoms with van der Waals surface area (Å²) in [6, 6.07) is 0. The summed E-state index contributed by atoms with van der Waals surface area (Å²) in [6.45, 7) is 3.11. The van der Waals surface area contributed by atoms with E-state index in [2.05, 4.69) is 10.4 Å². The van der Waals surface area contributed by atoms with Gasteiger partial charge in [-0.2, -0.15) is 8.78 Å². The van der Waals surface area contributed by atoms with Crippen molar-refractivity contribution in [1.29, 1.82) is 0 Å². The van der Waals surface area contributed by atoms with Gasteiger partial charge < -0.3 is 4.90 Å². The number of nitrogens with one attached hydrogen (secondary N) is 1. The molecule has 2 bridgehead atoms. The van der Waals surface area contributed by atoms with Crippen molar-refractivity contribution in [1.82, 2.24) is 10.4 Å². The third-order valence-electron chi connectivity index (χ3n) is 2.98. The fraction of sp³-hybridized carbons (Fsp3) is 0.778. The average Bonchev–Trinajstić information content (AvgIpc) is 2.19. The molecule has 0 saturated carbocycles. The van der Waals surface area contributed by atoms with Crippen LogP contribution in [0.4, 0.5) is 8.78 Å². The van der Waals surface area contributed by atoms with Crippen LogP contribution in [0, 0.1) is 5.92 Å². The van der Waals surface area contributed by atoms with Crippen LogP contribution in [0.2, 0.25) is 0 Å². The molecular weight excluding hydrogens is 190 g/mol. The zero-order chi connectivity index (χ0) is 9.97. The number of hydrogen-bond donors (Lipinski definition) is 1. The molecule has 3 nitrogen and oxygen atoms in total. The van der Waals surface area contributed by atoms with Gasteiger partial charge in [-0.25, -0.2) is 0 Å². The van der Waals surface area contributed by atoms with Crippen molar-refractivity contribution in [3.8, 4) is 0 Å². The molecule has 80 valence electrons. The molecule has 0 aromatic rings. The van der Waals surface area contributed by atoms with Gasteiger partial charge in [0.1, 0.15) is 6.10 Å².